The van der Waals surface area contributed by atoms with Crippen LogP contribution in [0.5, 0.6) is 5.75 Å². The first-order chi connectivity index (χ1) is 11.2. The van der Waals surface area contributed by atoms with Gasteiger partial charge >= 0.3 is 5.69 Å². The third-order valence-electron chi connectivity index (χ3n) is 3.62. The molecule has 0 bridgehead atoms. The van der Waals surface area contributed by atoms with Crippen molar-refractivity contribution in [2.24, 2.45) is 0 Å². The summed E-state index contributed by atoms with van der Waals surface area (Å²) in [6.07, 6.45) is 0. The van der Waals surface area contributed by atoms with Gasteiger partial charge in [-0.2, -0.15) is 0 Å². The molecule has 0 aliphatic rings. The summed E-state index contributed by atoms with van der Waals surface area (Å²) in [5.74, 6) is 0.714. The molecule has 1 N–H and O–H groups in total. The second-order valence-electron chi connectivity index (χ2n) is 4.97. The van der Waals surface area contributed by atoms with Gasteiger partial charge in [-0.3, -0.25) is 14.3 Å². The minimum atomic E-state index is -0.418. The van der Waals surface area contributed by atoms with Crippen molar-refractivity contribution in [2.45, 2.75) is 6.54 Å². The Morgan fingerprint density at radius 1 is 1.26 bits per heavy atom. The van der Waals surface area contributed by atoms with Gasteiger partial charge in [-0.1, -0.05) is 12.1 Å². The average molecular weight is 332 g/mol. The lowest BCUT2D eigenvalue weighted by Gasteiger charge is -2.06. The van der Waals surface area contributed by atoms with Crippen LogP contribution in [0.3, 0.4) is 0 Å². The van der Waals surface area contributed by atoms with Gasteiger partial charge in [-0.25, -0.2) is 4.79 Å². The molecule has 120 valence electrons. The Bertz CT molecular complexity index is 955. The molecule has 0 aliphatic carbocycles. The Morgan fingerprint density at radius 3 is 2.83 bits per heavy atom. The van der Waals surface area contributed by atoms with Crippen molar-refractivity contribution in [2.75, 3.05) is 20.8 Å². The normalized spacial score (nSPS) is 11.0. The number of benzene rings is 1. The highest BCUT2D eigenvalue weighted by molar-refractivity contribution is 7.17. The molecule has 7 heteroatoms. The van der Waals surface area contributed by atoms with E-state index in [2.05, 4.69) is 4.98 Å². The molecule has 0 spiro atoms. The van der Waals surface area contributed by atoms with E-state index in [0.29, 0.717) is 22.6 Å². The minimum Gasteiger partial charge on any atom is -0.497 e. The molecular formula is C16H16N2O4S. The number of H-pyrrole nitrogens is 1. The highest BCUT2D eigenvalue weighted by Crippen LogP contribution is 2.31. The largest absolute Gasteiger partial charge is 0.497 e. The fraction of sp³-hybridized carbons (Fsp3) is 0.250. The van der Waals surface area contributed by atoms with Gasteiger partial charge in [0.05, 0.1) is 25.6 Å². The number of methoxy groups -OCH3 is 2. The topological polar surface area (TPSA) is 73.3 Å². The van der Waals surface area contributed by atoms with E-state index < -0.39 is 5.69 Å². The first-order valence-electron chi connectivity index (χ1n) is 7.03. The summed E-state index contributed by atoms with van der Waals surface area (Å²) in [4.78, 5) is 28.1. The number of hydrogen-bond donors (Lipinski definition) is 1. The van der Waals surface area contributed by atoms with Gasteiger partial charge in [0.1, 0.15) is 10.6 Å². The van der Waals surface area contributed by atoms with Crippen LogP contribution in [-0.4, -0.2) is 30.4 Å². The van der Waals surface area contributed by atoms with Gasteiger partial charge in [-0.15, -0.1) is 11.3 Å². The summed E-state index contributed by atoms with van der Waals surface area (Å²) in [6.45, 7) is 0.515. The average Bonchev–Trinajstić information content (AvgIpc) is 2.98. The number of hydrogen-bond acceptors (Lipinski definition) is 5. The Labute approximate surface area is 135 Å². The number of rotatable bonds is 5. The van der Waals surface area contributed by atoms with Crippen LogP contribution in [0.25, 0.3) is 21.3 Å². The van der Waals surface area contributed by atoms with Crippen molar-refractivity contribution < 1.29 is 9.47 Å². The van der Waals surface area contributed by atoms with Crippen molar-refractivity contribution >= 4 is 21.6 Å². The van der Waals surface area contributed by atoms with Crippen LogP contribution in [0, 0.1) is 0 Å². The Morgan fingerprint density at radius 2 is 2.09 bits per heavy atom. The summed E-state index contributed by atoms with van der Waals surface area (Å²) in [5.41, 5.74) is 0.938. The molecule has 2 aromatic heterocycles. The van der Waals surface area contributed by atoms with E-state index in [0.717, 1.165) is 11.1 Å². The van der Waals surface area contributed by atoms with Gasteiger partial charge in [-0.05, 0) is 17.7 Å². The summed E-state index contributed by atoms with van der Waals surface area (Å²) in [6, 6.07) is 7.49. The predicted molar refractivity (Wildman–Crippen MR) is 90.6 cm³/mol. The molecule has 0 aliphatic heterocycles. The predicted octanol–water partition coefficient (Wildman–Crippen LogP) is 2.07. The smallest absolute Gasteiger partial charge is 0.329 e. The fourth-order valence-corrected chi connectivity index (χ4v) is 3.39. The number of thiophene rings is 1. The second kappa shape index (κ2) is 6.39. The lowest BCUT2D eigenvalue weighted by molar-refractivity contribution is 0.185. The van der Waals surface area contributed by atoms with E-state index in [1.165, 1.54) is 23.0 Å². The van der Waals surface area contributed by atoms with Crippen molar-refractivity contribution in [3.8, 4) is 16.9 Å². The summed E-state index contributed by atoms with van der Waals surface area (Å²) < 4.78 is 11.4. The van der Waals surface area contributed by atoms with Crippen LogP contribution in [0.2, 0.25) is 0 Å². The van der Waals surface area contributed by atoms with Crippen molar-refractivity contribution in [3.05, 3.63) is 50.5 Å². The quantitative estimate of drug-likeness (QED) is 0.776. The zero-order chi connectivity index (χ0) is 16.4. The zero-order valence-corrected chi connectivity index (χ0v) is 13.6. The lowest BCUT2D eigenvalue weighted by Crippen LogP contribution is -2.35. The summed E-state index contributed by atoms with van der Waals surface area (Å²) >= 11 is 1.34. The molecule has 0 amide bonds. The Hall–Kier alpha value is -2.38. The molecule has 1 aromatic carbocycles. The van der Waals surface area contributed by atoms with Crippen molar-refractivity contribution in [3.63, 3.8) is 0 Å². The summed E-state index contributed by atoms with van der Waals surface area (Å²) in [5, 5.41) is 2.39. The lowest BCUT2D eigenvalue weighted by atomic mass is 10.1. The highest BCUT2D eigenvalue weighted by atomic mass is 32.1. The number of aromatic amines is 1. The minimum absolute atomic E-state index is 0.216. The molecule has 23 heavy (non-hydrogen) atoms. The molecule has 0 unspecified atom stereocenters. The second-order valence-corrected chi connectivity index (χ2v) is 5.84. The zero-order valence-electron chi connectivity index (χ0n) is 12.8. The molecule has 0 atom stereocenters. The monoisotopic (exact) mass is 332 g/mol. The van der Waals surface area contributed by atoms with E-state index in [1.54, 1.807) is 7.11 Å². The van der Waals surface area contributed by atoms with Gasteiger partial charge in [0.15, 0.2) is 0 Å². The van der Waals surface area contributed by atoms with Crippen LogP contribution in [0.4, 0.5) is 0 Å². The number of ether oxygens (including phenoxy) is 2. The maximum atomic E-state index is 12.7. The Balaban J connectivity index is 2.23. The molecule has 3 aromatic rings. The van der Waals surface area contributed by atoms with Gasteiger partial charge in [0, 0.05) is 18.1 Å². The molecule has 0 saturated heterocycles. The molecule has 3 rings (SSSR count). The number of fused-ring (bicyclic) bond motifs is 1. The SMILES string of the molecule is COCCn1c(=O)[nH]c2scc(-c3cccc(OC)c3)c2c1=O. The van der Waals surface area contributed by atoms with E-state index in [4.69, 9.17) is 9.47 Å². The van der Waals surface area contributed by atoms with Crippen molar-refractivity contribution in [1.29, 1.82) is 0 Å². The molecular weight excluding hydrogens is 316 g/mol. The maximum Gasteiger partial charge on any atom is 0.329 e. The molecule has 6 nitrogen and oxygen atoms in total. The standard InChI is InChI=1S/C16H16N2O4S/c1-21-7-6-18-15(19)13-12(9-23-14(13)17-16(18)20)10-4-3-5-11(8-10)22-2/h3-5,8-9H,6-7H2,1-2H3,(H,17,20). The van der Waals surface area contributed by atoms with Crippen LogP contribution < -0.4 is 16.0 Å². The third kappa shape index (κ3) is 2.80. The highest BCUT2D eigenvalue weighted by Gasteiger charge is 2.15. The van der Waals surface area contributed by atoms with Crippen molar-refractivity contribution in [1.82, 2.24) is 9.55 Å². The van der Waals surface area contributed by atoms with Crippen LogP contribution in [-0.2, 0) is 11.3 Å². The first-order valence-corrected chi connectivity index (χ1v) is 7.91. The molecule has 0 saturated carbocycles. The number of aromatic nitrogens is 2. The van der Waals surface area contributed by atoms with Gasteiger partial charge in [0.2, 0.25) is 0 Å². The molecule has 2 heterocycles. The number of nitrogens with one attached hydrogen (secondary N) is 1. The van der Waals surface area contributed by atoms with Crippen LogP contribution in [0.15, 0.2) is 39.2 Å². The van der Waals surface area contributed by atoms with Gasteiger partial charge < -0.3 is 9.47 Å². The van der Waals surface area contributed by atoms with E-state index in [1.807, 2.05) is 29.6 Å². The number of nitrogens with zero attached hydrogens (tertiary/aromatic N) is 1. The van der Waals surface area contributed by atoms with E-state index in [9.17, 15) is 9.59 Å². The summed E-state index contributed by atoms with van der Waals surface area (Å²) in [7, 11) is 3.13. The maximum absolute atomic E-state index is 12.7. The van der Waals surface area contributed by atoms with Gasteiger partial charge in [0.25, 0.3) is 5.56 Å². The Kier molecular flexibility index (Phi) is 4.31. The third-order valence-corrected chi connectivity index (χ3v) is 4.51. The van der Waals surface area contributed by atoms with Crippen LogP contribution in [0.1, 0.15) is 0 Å². The molecule has 0 fully saturated rings. The molecule has 0 radical (unpaired) electrons. The van der Waals surface area contributed by atoms with E-state index in [-0.39, 0.29) is 12.1 Å². The van der Waals surface area contributed by atoms with Crippen LogP contribution >= 0.6 is 11.3 Å². The van der Waals surface area contributed by atoms with E-state index >= 15 is 0 Å². The first kappa shape index (κ1) is 15.5. The fourth-order valence-electron chi connectivity index (χ4n) is 2.44.